The van der Waals surface area contributed by atoms with Crippen molar-refractivity contribution in [3.63, 3.8) is 0 Å². The van der Waals surface area contributed by atoms with E-state index in [1.807, 2.05) is 12.1 Å². The summed E-state index contributed by atoms with van der Waals surface area (Å²) in [4.78, 5) is 30.2. The molecule has 30 heavy (non-hydrogen) atoms. The highest BCUT2D eigenvalue weighted by Crippen LogP contribution is 2.19. The summed E-state index contributed by atoms with van der Waals surface area (Å²) >= 11 is 1.10. The average molecular weight is 418 g/mol. The molecule has 2 aromatic heterocycles. The number of amides is 1. The van der Waals surface area contributed by atoms with Gasteiger partial charge in [-0.15, -0.1) is 11.3 Å². The summed E-state index contributed by atoms with van der Waals surface area (Å²) in [7, 11) is 1.56. The van der Waals surface area contributed by atoms with Gasteiger partial charge in [0.25, 0.3) is 11.5 Å². The molecule has 1 N–H and O–H groups in total. The van der Waals surface area contributed by atoms with E-state index in [-0.39, 0.29) is 21.8 Å². The lowest BCUT2D eigenvalue weighted by molar-refractivity contribution is -0.115. The zero-order valence-corrected chi connectivity index (χ0v) is 17.0. The van der Waals surface area contributed by atoms with Gasteiger partial charge in [-0.3, -0.25) is 19.1 Å². The van der Waals surface area contributed by atoms with Gasteiger partial charge in [0, 0.05) is 12.2 Å². The summed E-state index contributed by atoms with van der Waals surface area (Å²) < 4.78 is 7.25. The van der Waals surface area contributed by atoms with Crippen LogP contribution in [0, 0.1) is 11.3 Å². The van der Waals surface area contributed by atoms with Gasteiger partial charge in [-0.1, -0.05) is 6.07 Å². The molecule has 0 spiro atoms. The molecule has 150 valence electrons. The molecule has 1 amide bonds. The van der Waals surface area contributed by atoms with Crippen LogP contribution in [-0.2, 0) is 4.79 Å². The number of pyridine rings is 1. The molecule has 0 radical (unpaired) electrons. The highest BCUT2D eigenvalue weighted by molar-refractivity contribution is 7.07. The summed E-state index contributed by atoms with van der Waals surface area (Å²) in [6.45, 7) is 0. The fourth-order valence-corrected chi connectivity index (χ4v) is 3.98. The SMILES string of the molecule is COc1ccc(-n2c(=O)/c(=C\c3ccccn3)s/c2=C(/C#N)C(=O)NC2CC2)cc1. The molecule has 0 aliphatic heterocycles. The first-order chi connectivity index (χ1) is 14.6. The second kappa shape index (κ2) is 8.35. The second-order valence-corrected chi connectivity index (χ2v) is 7.77. The zero-order valence-electron chi connectivity index (χ0n) is 16.2. The molecule has 1 aromatic carbocycles. The smallest absolute Gasteiger partial charge is 0.273 e. The molecule has 1 saturated carbocycles. The molecule has 2 heterocycles. The van der Waals surface area contributed by atoms with Gasteiger partial charge < -0.3 is 10.1 Å². The van der Waals surface area contributed by atoms with E-state index in [4.69, 9.17) is 4.74 Å². The normalized spacial score (nSPS) is 14.7. The lowest BCUT2D eigenvalue weighted by Crippen LogP contribution is -2.34. The molecule has 0 saturated heterocycles. The molecule has 1 aliphatic rings. The Morgan fingerprint density at radius 2 is 2.07 bits per heavy atom. The number of rotatable bonds is 5. The van der Waals surface area contributed by atoms with Crippen LogP contribution in [0.3, 0.4) is 0 Å². The van der Waals surface area contributed by atoms with Crippen molar-refractivity contribution in [2.24, 2.45) is 0 Å². The Bertz CT molecular complexity index is 1300. The predicted octanol–water partition coefficient (Wildman–Crippen LogP) is 1.08. The number of hydrogen-bond acceptors (Lipinski definition) is 6. The summed E-state index contributed by atoms with van der Waals surface area (Å²) in [6, 6.07) is 14.4. The molecular weight excluding hydrogens is 400 g/mol. The van der Waals surface area contributed by atoms with Gasteiger partial charge in [0.2, 0.25) is 0 Å². The standard InChI is InChI=1S/C22H18N4O3S/c1-29-17-9-7-16(8-10-17)26-21(28)19(12-15-4-2-3-11-24-15)30-22(26)18(13-23)20(27)25-14-5-6-14/h2-4,7-12,14H,5-6H2,1H3,(H,25,27)/b19-12+,22-18-. The first kappa shape index (κ1) is 19.6. The van der Waals surface area contributed by atoms with Crippen molar-refractivity contribution in [3.05, 3.63) is 73.9 Å². The number of carbonyl (C=O) groups excluding carboxylic acids is 1. The Kier molecular flexibility index (Phi) is 5.46. The molecule has 0 atom stereocenters. The van der Waals surface area contributed by atoms with Gasteiger partial charge in [-0.25, -0.2) is 0 Å². The third kappa shape index (κ3) is 4.02. The van der Waals surface area contributed by atoms with Gasteiger partial charge in [0.05, 0.1) is 23.0 Å². The van der Waals surface area contributed by atoms with Crippen LogP contribution in [0.25, 0.3) is 17.3 Å². The van der Waals surface area contributed by atoms with Crippen LogP contribution in [0.1, 0.15) is 18.5 Å². The van der Waals surface area contributed by atoms with Crippen molar-refractivity contribution in [1.82, 2.24) is 14.9 Å². The van der Waals surface area contributed by atoms with E-state index in [9.17, 15) is 14.9 Å². The number of thiazole rings is 1. The van der Waals surface area contributed by atoms with E-state index < -0.39 is 5.91 Å². The first-order valence-corrected chi connectivity index (χ1v) is 10.2. The largest absolute Gasteiger partial charge is 0.497 e. The van der Waals surface area contributed by atoms with Gasteiger partial charge in [-0.05, 0) is 55.3 Å². The van der Waals surface area contributed by atoms with E-state index in [0.717, 1.165) is 24.2 Å². The quantitative estimate of drug-likeness (QED) is 0.669. The topological polar surface area (TPSA) is 97.0 Å². The van der Waals surface area contributed by atoms with Crippen molar-refractivity contribution in [2.45, 2.75) is 18.9 Å². The fraction of sp³-hybridized carbons (Fsp3) is 0.182. The number of ether oxygens (including phenoxy) is 1. The number of methoxy groups -OCH3 is 1. The van der Waals surface area contributed by atoms with E-state index in [1.165, 1.54) is 4.57 Å². The lowest BCUT2D eigenvalue weighted by atomic mass is 10.2. The van der Waals surface area contributed by atoms with Crippen LogP contribution in [-0.4, -0.2) is 28.6 Å². The Morgan fingerprint density at radius 3 is 2.67 bits per heavy atom. The van der Waals surface area contributed by atoms with Crippen LogP contribution < -0.4 is 24.8 Å². The molecule has 1 aliphatic carbocycles. The number of aromatic nitrogens is 2. The number of nitriles is 1. The minimum absolute atomic E-state index is 0.0829. The molecule has 8 heteroatoms. The van der Waals surface area contributed by atoms with Gasteiger partial charge in [0.15, 0.2) is 5.57 Å². The van der Waals surface area contributed by atoms with Crippen LogP contribution in [0.5, 0.6) is 5.75 Å². The summed E-state index contributed by atoms with van der Waals surface area (Å²) in [5.41, 5.74) is 0.753. The van der Waals surface area contributed by atoms with E-state index in [0.29, 0.717) is 21.7 Å². The third-order valence-electron chi connectivity index (χ3n) is 4.59. The number of benzene rings is 1. The minimum Gasteiger partial charge on any atom is -0.497 e. The second-order valence-electron chi connectivity index (χ2n) is 6.74. The maximum atomic E-state index is 13.3. The fourth-order valence-electron chi connectivity index (χ4n) is 2.89. The van der Waals surface area contributed by atoms with Crippen molar-refractivity contribution in [2.75, 3.05) is 7.11 Å². The Hall–Kier alpha value is -3.70. The average Bonchev–Trinajstić information content (AvgIpc) is 3.53. The van der Waals surface area contributed by atoms with Gasteiger partial charge in [-0.2, -0.15) is 5.26 Å². The first-order valence-electron chi connectivity index (χ1n) is 9.35. The lowest BCUT2D eigenvalue weighted by Gasteiger charge is -2.06. The van der Waals surface area contributed by atoms with Crippen LogP contribution in [0.15, 0.2) is 53.5 Å². The highest BCUT2D eigenvalue weighted by Gasteiger charge is 2.26. The number of nitrogens with one attached hydrogen (secondary N) is 1. The van der Waals surface area contributed by atoms with Crippen molar-refractivity contribution in [1.29, 1.82) is 5.26 Å². The Balaban J connectivity index is 1.97. The Morgan fingerprint density at radius 1 is 1.30 bits per heavy atom. The third-order valence-corrected chi connectivity index (χ3v) is 5.68. The van der Waals surface area contributed by atoms with E-state index >= 15 is 0 Å². The monoisotopic (exact) mass is 418 g/mol. The number of nitrogens with zero attached hydrogens (tertiary/aromatic N) is 3. The van der Waals surface area contributed by atoms with E-state index in [1.54, 1.807) is 55.8 Å². The molecule has 7 nitrogen and oxygen atoms in total. The summed E-state index contributed by atoms with van der Waals surface area (Å²) in [5, 5.41) is 12.6. The molecule has 0 bridgehead atoms. The van der Waals surface area contributed by atoms with Crippen molar-refractivity contribution >= 4 is 28.9 Å². The minimum atomic E-state index is -0.465. The number of carbonyl (C=O) groups is 1. The Labute approximate surface area is 176 Å². The van der Waals surface area contributed by atoms with E-state index in [2.05, 4.69) is 10.3 Å². The van der Waals surface area contributed by atoms with Crippen LogP contribution >= 0.6 is 11.3 Å². The predicted molar refractivity (Wildman–Crippen MR) is 114 cm³/mol. The van der Waals surface area contributed by atoms with Gasteiger partial charge >= 0.3 is 0 Å². The number of hydrogen-bond donors (Lipinski definition) is 1. The van der Waals surface area contributed by atoms with Crippen LogP contribution in [0.2, 0.25) is 0 Å². The van der Waals surface area contributed by atoms with Gasteiger partial charge in [0.1, 0.15) is 16.5 Å². The van der Waals surface area contributed by atoms with Crippen LogP contribution in [0.4, 0.5) is 0 Å². The molecule has 4 rings (SSSR count). The summed E-state index contributed by atoms with van der Waals surface area (Å²) in [6.07, 6.45) is 5.10. The molecular formula is C22H18N4O3S. The molecule has 0 unspecified atom stereocenters. The zero-order chi connectivity index (χ0) is 21.1. The maximum absolute atomic E-state index is 13.3. The highest BCUT2D eigenvalue weighted by atomic mass is 32.1. The molecule has 3 aromatic rings. The molecule has 1 fully saturated rings. The van der Waals surface area contributed by atoms with Crippen molar-refractivity contribution < 1.29 is 9.53 Å². The summed E-state index contributed by atoms with van der Waals surface area (Å²) in [5.74, 6) is 0.174. The van der Waals surface area contributed by atoms with Crippen molar-refractivity contribution in [3.8, 4) is 17.5 Å². The maximum Gasteiger partial charge on any atom is 0.273 e.